The van der Waals surface area contributed by atoms with E-state index in [0.29, 0.717) is 13.0 Å². The molecule has 0 aromatic rings. The summed E-state index contributed by atoms with van der Waals surface area (Å²) in [6.45, 7) is 2.09. The number of hydrogen-bond acceptors (Lipinski definition) is 5. The zero-order chi connectivity index (χ0) is 15.2. The molecule has 2 N–H and O–H groups in total. The van der Waals surface area contributed by atoms with Crippen molar-refractivity contribution >= 4 is 22.0 Å². The first-order chi connectivity index (χ1) is 9.34. The average Bonchev–Trinajstić information content (AvgIpc) is 2.85. The van der Waals surface area contributed by atoms with Crippen LogP contribution in [0, 0.1) is 5.92 Å². The number of ether oxygens (including phenoxy) is 1. The molecule has 2 atom stereocenters. The summed E-state index contributed by atoms with van der Waals surface area (Å²) in [5.41, 5.74) is 0. The van der Waals surface area contributed by atoms with Gasteiger partial charge in [0.05, 0.1) is 11.9 Å². The Kier molecular flexibility index (Phi) is 6.41. The van der Waals surface area contributed by atoms with Gasteiger partial charge in [0.15, 0.2) is 0 Å². The SMILES string of the molecule is CCCCOC(=O)CNC(=O)C1CCC(S(=O)(=O)O)C1. The number of unbranched alkanes of at least 4 members (excludes halogenated alkanes) is 1. The Balaban J connectivity index is 2.29. The molecule has 1 amide bonds. The van der Waals surface area contributed by atoms with Gasteiger partial charge in [-0.2, -0.15) is 8.42 Å². The molecule has 20 heavy (non-hydrogen) atoms. The first-order valence-electron chi connectivity index (χ1n) is 6.74. The third kappa shape index (κ3) is 5.46. The van der Waals surface area contributed by atoms with Gasteiger partial charge in [-0.25, -0.2) is 0 Å². The van der Waals surface area contributed by atoms with Crippen LogP contribution in [0.2, 0.25) is 0 Å². The fourth-order valence-corrected chi connectivity index (χ4v) is 3.04. The highest BCUT2D eigenvalue weighted by molar-refractivity contribution is 7.86. The lowest BCUT2D eigenvalue weighted by Gasteiger charge is -2.10. The van der Waals surface area contributed by atoms with Crippen LogP contribution in [0.15, 0.2) is 0 Å². The lowest BCUT2D eigenvalue weighted by Crippen LogP contribution is -2.35. The maximum atomic E-state index is 11.8. The fraction of sp³-hybridized carbons (Fsp3) is 0.833. The van der Waals surface area contributed by atoms with E-state index in [9.17, 15) is 18.0 Å². The quantitative estimate of drug-likeness (QED) is 0.403. The van der Waals surface area contributed by atoms with Gasteiger partial charge in [-0.1, -0.05) is 13.3 Å². The van der Waals surface area contributed by atoms with Crippen molar-refractivity contribution in [1.82, 2.24) is 5.32 Å². The fourth-order valence-electron chi connectivity index (χ4n) is 2.13. The Bertz CT molecular complexity index is 447. The normalized spacial score (nSPS) is 22.5. The van der Waals surface area contributed by atoms with Crippen LogP contribution in [0.1, 0.15) is 39.0 Å². The van der Waals surface area contributed by atoms with E-state index in [2.05, 4.69) is 5.32 Å². The monoisotopic (exact) mass is 307 g/mol. The molecule has 8 heteroatoms. The van der Waals surface area contributed by atoms with Gasteiger partial charge in [0, 0.05) is 5.92 Å². The van der Waals surface area contributed by atoms with Crippen LogP contribution in [0.5, 0.6) is 0 Å². The highest BCUT2D eigenvalue weighted by atomic mass is 32.2. The second-order valence-electron chi connectivity index (χ2n) is 4.94. The summed E-state index contributed by atoms with van der Waals surface area (Å²) in [6, 6.07) is 0. The molecular weight excluding hydrogens is 286 g/mol. The molecule has 0 bridgehead atoms. The number of carbonyl (C=O) groups is 2. The second kappa shape index (κ2) is 7.58. The van der Waals surface area contributed by atoms with Crippen molar-refractivity contribution in [3.8, 4) is 0 Å². The molecule has 1 fully saturated rings. The van der Waals surface area contributed by atoms with E-state index < -0.39 is 27.3 Å². The molecule has 0 aliphatic heterocycles. The van der Waals surface area contributed by atoms with Crippen molar-refractivity contribution in [1.29, 1.82) is 0 Å². The Labute approximate surface area is 118 Å². The van der Waals surface area contributed by atoms with Gasteiger partial charge < -0.3 is 10.1 Å². The molecule has 116 valence electrons. The summed E-state index contributed by atoms with van der Waals surface area (Å²) >= 11 is 0. The van der Waals surface area contributed by atoms with Crippen LogP contribution in [0.4, 0.5) is 0 Å². The van der Waals surface area contributed by atoms with Gasteiger partial charge in [0.1, 0.15) is 6.54 Å². The van der Waals surface area contributed by atoms with Gasteiger partial charge >= 0.3 is 5.97 Å². The first-order valence-corrected chi connectivity index (χ1v) is 8.24. The second-order valence-corrected chi connectivity index (χ2v) is 6.64. The maximum Gasteiger partial charge on any atom is 0.325 e. The molecular formula is C12H21NO6S. The maximum absolute atomic E-state index is 11.8. The Morgan fingerprint density at radius 3 is 2.60 bits per heavy atom. The number of rotatable bonds is 7. The topological polar surface area (TPSA) is 110 Å². The van der Waals surface area contributed by atoms with Gasteiger partial charge in [-0.3, -0.25) is 14.1 Å². The minimum absolute atomic E-state index is 0.0928. The molecule has 1 saturated carbocycles. The summed E-state index contributed by atoms with van der Waals surface area (Å²) in [5, 5.41) is 1.55. The standard InChI is InChI=1S/C12H21NO6S/c1-2-3-6-19-11(14)8-13-12(15)9-4-5-10(7-9)20(16,17)18/h9-10H,2-8H2,1H3,(H,13,15)(H,16,17,18). The molecule has 0 heterocycles. The van der Waals surface area contributed by atoms with Crippen molar-refractivity contribution in [2.75, 3.05) is 13.2 Å². The van der Waals surface area contributed by atoms with Crippen LogP contribution in [0.3, 0.4) is 0 Å². The predicted molar refractivity (Wildman–Crippen MR) is 71.6 cm³/mol. The molecule has 2 unspecified atom stereocenters. The van der Waals surface area contributed by atoms with E-state index in [1.165, 1.54) is 0 Å². The highest BCUT2D eigenvalue weighted by Crippen LogP contribution is 2.29. The minimum Gasteiger partial charge on any atom is -0.464 e. The zero-order valence-corrected chi connectivity index (χ0v) is 12.3. The van der Waals surface area contributed by atoms with Crippen molar-refractivity contribution in [2.24, 2.45) is 5.92 Å². The zero-order valence-electron chi connectivity index (χ0n) is 11.5. The van der Waals surface area contributed by atoms with Crippen LogP contribution in [0.25, 0.3) is 0 Å². The summed E-state index contributed by atoms with van der Waals surface area (Å²) in [4.78, 5) is 23.0. The Morgan fingerprint density at radius 1 is 1.35 bits per heavy atom. The largest absolute Gasteiger partial charge is 0.464 e. The number of amides is 1. The summed E-state index contributed by atoms with van der Waals surface area (Å²) in [7, 11) is -4.09. The van der Waals surface area contributed by atoms with E-state index in [-0.39, 0.29) is 25.3 Å². The van der Waals surface area contributed by atoms with Crippen molar-refractivity contribution in [2.45, 2.75) is 44.3 Å². The molecule has 0 aromatic heterocycles. The molecule has 0 aromatic carbocycles. The number of hydrogen-bond donors (Lipinski definition) is 2. The summed E-state index contributed by atoms with van der Waals surface area (Å²) < 4.78 is 35.7. The number of esters is 1. The lowest BCUT2D eigenvalue weighted by atomic mass is 10.1. The van der Waals surface area contributed by atoms with Crippen LogP contribution in [-0.4, -0.2) is 43.2 Å². The summed E-state index contributed by atoms with van der Waals surface area (Å²) in [6.07, 6.45) is 2.44. The molecule has 1 aliphatic carbocycles. The van der Waals surface area contributed by atoms with Crippen molar-refractivity contribution in [3.05, 3.63) is 0 Å². The van der Waals surface area contributed by atoms with E-state index in [0.717, 1.165) is 12.8 Å². The average molecular weight is 307 g/mol. The number of carbonyl (C=O) groups excluding carboxylic acids is 2. The van der Waals surface area contributed by atoms with Crippen molar-refractivity contribution in [3.63, 3.8) is 0 Å². The van der Waals surface area contributed by atoms with Crippen LogP contribution >= 0.6 is 0 Å². The highest BCUT2D eigenvalue weighted by Gasteiger charge is 2.36. The molecule has 0 radical (unpaired) electrons. The van der Waals surface area contributed by atoms with Gasteiger partial charge in [0.2, 0.25) is 5.91 Å². The predicted octanol–water partition coefficient (Wildman–Crippen LogP) is 0.502. The number of nitrogens with one attached hydrogen (secondary N) is 1. The van der Waals surface area contributed by atoms with E-state index in [1.54, 1.807) is 0 Å². The molecule has 0 spiro atoms. The molecule has 0 saturated heterocycles. The van der Waals surface area contributed by atoms with Crippen LogP contribution < -0.4 is 5.32 Å². The smallest absolute Gasteiger partial charge is 0.325 e. The van der Waals surface area contributed by atoms with Crippen molar-refractivity contribution < 1.29 is 27.3 Å². The lowest BCUT2D eigenvalue weighted by molar-refractivity contribution is -0.144. The van der Waals surface area contributed by atoms with E-state index in [1.807, 2.05) is 6.92 Å². The van der Waals surface area contributed by atoms with Gasteiger partial charge in [-0.05, 0) is 25.7 Å². The van der Waals surface area contributed by atoms with Crippen LogP contribution in [-0.2, 0) is 24.4 Å². The van der Waals surface area contributed by atoms with Gasteiger partial charge in [0.25, 0.3) is 10.1 Å². The first kappa shape index (κ1) is 16.9. The van der Waals surface area contributed by atoms with Gasteiger partial charge in [-0.15, -0.1) is 0 Å². The molecule has 7 nitrogen and oxygen atoms in total. The Hall–Kier alpha value is -1.15. The van der Waals surface area contributed by atoms with E-state index >= 15 is 0 Å². The molecule has 1 rings (SSSR count). The minimum atomic E-state index is -4.09. The third-order valence-electron chi connectivity index (χ3n) is 3.34. The summed E-state index contributed by atoms with van der Waals surface area (Å²) in [5.74, 6) is -1.36. The molecule has 1 aliphatic rings. The Morgan fingerprint density at radius 2 is 2.05 bits per heavy atom. The van der Waals surface area contributed by atoms with E-state index in [4.69, 9.17) is 9.29 Å². The third-order valence-corrected chi connectivity index (χ3v) is 4.62.